The minimum atomic E-state index is -3.50. The number of hydrogen-bond donors (Lipinski definition) is 0. The van der Waals surface area contributed by atoms with Crippen LogP contribution in [0.15, 0.2) is 59.5 Å². The minimum Gasteiger partial charge on any atom is -0.378 e. The molecule has 1 fully saturated rings. The Balaban J connectivity index is 1.66. The summed E-state index contributed by atoms with van der Waals surface area (Å²) in [5, 5.41) is 0. The molecule has 6 nitrogen and oxygen atoms in total. The van der Waals surface area contributed by atoms with Crippen molar-refractivity contribution in [3.05, 3.63) is 65.7 Å². The van der Waals surface area contributed by atoms with Crippen LogP contribution in [0, 0.1) is 0 Å². The summed E-state index contributed by atoms with van der Waals surface area (Å²) in [6.45, 7) is 3.25. The van der Waals surface area contributed by atoms with Crippen molar-refractivity contribution in [1.82, 2.24) is 4.31 Å². The van der Waals surface area contributed by atoms with Crippen molar-refractivity contribution in [2.24, 2.45) is 0 Å². The monoisotopic (exact) mass is 400 g/mol. The molecule has 0 radical (unpaired) electrons. The molecule has 7 heteroatoms. The van der Waals surface area contributed by atoms with E-state index in [-0.39, 0.29) is 10.7 Å². The van der Waals surface area contributed by atoms with E-state index in [1.165, 1.54) is 44.4 Å². The van der Waals surface area contributed by atoms with Gasteiger partial charge in [-0.1, -0.05) is 18.2 Å². The number of ketones is 1. The Kier molecular flexibility index (Phi) is 6.28. The number of benzene rings is 2. The fraction of sp³-hybridized carbons (Fsp3) is 0.286. The van der Waals surface area contributed by atoms with Crippen LogP contribution in [-0.4, -0.2) is 58.9 Å². The third-order valence-corrected chi connectivity index (χ3v) is 6.44. The molecule has 2 aromatic rings. The van der Waals surface area contributed by atoms with E-state index < -0.39 is 10.0 Å². The Labute approximate surface area is 166 Å². The van der Waals surface area contributed by atoms with Crippen LogP contribution in [0.2, 0.25) is 0 Å². The van der Waals surface area contributed by atoms with E-state index >= 15 is 0 Å². The standard InChI is InChI=1S/C21H24N2O4S/c1-22(2)28(25,26)20-10-6-18(7-11-20)21(24)12-5-17-3-8-19(9-4-17)23-13-15-27-16-14-23/h3-12H,13-16H2,1-2H3. The molecule has 0 bridgehead atoms. The van der Waals surface area contributed by atoms with Gasteiger partial charge in [-0.05, 0) is 48.0 Å². The van der Waals surface area contributed by atoms with Crippen LogP contribution in [0.3, 0.4) is 0 Å². The average molecular weight is 401 g/mol. The van der Waals surface area contributed by atoms with Crippen molar-refractivity contribution in [2.75, 3.05) is 45.3 Å². The molecule has 28 heavy (non-hydrogen) atoms. The van der Waals surface area contributed by atoms with E-state index in [0.717, 1.165) is 41.9 Å². The maximum Gasteiger partial charge on any atom is 0.242 e. The van der Waals surface area contributed by atoms with Gasteiger partial charge in [0.1, 0.15) is 0 Å². The molecular formula is C21H24N2O4S. The number of allylic oxidation sites excluding steroid dienone is 1. The molecule has 0 aromatic heterocycles. The van der Waals surface area contributed by atoms with Gasteiger partial charge >= 0.3 is 0 Å². The summed E-state index contributed by atoms with van der Waals surface area (Å²) in [7, 11) is -0.549. The summed E-state index contributed by atoms with van der Waals surface area (Å²) in [6.07, 6.45) is 3.26. The summed E-state index contributed by atoms with van der Waals surface area (Å²) in [4.78, 5) is 14.8. The number of morpholine rings is 1. The molecule has 0 amide bonds. The van der Waals surface area contributed by atoms with Gasteiger partial charge in [0.15, 0.2) is 5.78 Å². The molecule has 2 aromatic carbocycles. The first kappa shape index (κ1) is 20.3. The first-order valence-corrected chi connectivity index (χ1v) is 10.5. The van der Waals surface area contributed by atoms with Crippen molar-refractivity contribution < 1.29 is 17.9 Å². The summed E-state index contributed by atoms with van der Waals surface area (Å²) in [5.74, 6) is -0.175. The van der Waals surface area contributed by atoms with Crippen LogP contribution in [0.1, 0.15) is 15.9 Å². The first-order valence-electron chi connectivity index (χ1n) is 9.06. The van der Waals surface area contributed by atoms with Crippen LogP contribution < -0.4 is 4.90 Å². The molecule has 0 unspecified atom stereocenters. The summed E-state index contributed by atoms with van der Waals surface area (Å²) < 4.78 is 30.7. The third kappa shape index (κ3) is 4.67. The molecule has 1 aliphatic heterocycles. The molecule has 0 atom stereocenters. The lowest BCUT2D eigenvalue weighted by atomic mass is 10.1. The zero-order chi connectivity index (χ0) is 20.1. The highest BCUT2D eigenvalue weighted by molar-refractivity contribution is 7.89. The first-order chi connectivity index (χ1) is 13.4. The quantitative estimate of drug-likeness (QED) is 0.551. The number of hydrogen-bond acceptors (Lipinski definition) is 5. The Morgan fingerprint density at radius 1 is 1.00 bits per heavy atom. The Morgan fingerprint density at radius 3 is 2.18 bits per heavy atom. The van der Waals surface area contributed by atoms with E-state index in [0.29, 0.717) is 5.56 Å². The molecule has 0 aliphatic carbocycles. The van der Waals surface area contributed by atoms with E-state index in [9.17, 15) is 13.2 Å². The highest BCUT2D eigenvalue weighted by atomic mass is 32.2. The van der Waals surface area contributed by atoms with E-state index in [2.05, 4.69) is 4.90 Å². The summed E-state index contributed by atoms with van der Waals surface area (Å²) in [5.41, 5.74) is 2.51. The van der Waals surface area contributed by atoms with Crippen molar-refractivity contribution >= 4 is 27.6 Å². The number of carbonyl (C=O) groups excluding carboxylic acids is 1. The molecule has 1 saturated heterocycles. The van der Waals surface area contributed by atoms with Crippen molar-refractivity contribution in [3.63, 3.8) is 0 Å². The van der Waals surface area contributed by atoms with E-state index in [1.807, 2.05) is 24.3 Å². The van der Waals surface area contributed by atoms with Crippen LogP contribution in [-0.2, 0) is 14.8 Å². The molecular weight excluding hydrogens is 376 g/mol. The van der Waals surface area contributed by atoms with E-state index in [1.54, 1.807) is 6.08 Å². The molecule has 3 rings (SSSR count). The molecule has 1 heterocycles. The van der Waals surface area contributed by atoms with Gasteiger partial charge in [0.05, 0.1) is 18.1 Å². The van der Waals surface area contributed by atoms with Crippen LogP contribution in [0.5, 0.6) is 0 Å². The zero-order valence-electron chi connectivity index (χ0n) is 16.0. The number of carbonyl (C=O) groups is 1. The van der Waals surface area contributed by atoms with Gasteiger partial charge in [0, 0.05) is 38.4 Å². The normalized spacial score (nSPS) is 15.3. The van der Waals surface area contributed by atoms with E-state index in [4.69, 9.17) is 4.74 Å². The summed E-state index contributed by atoms with van der Waals surface area (Å²) in [6, 6.07) is 14.0. The Hall–Kier alpha value is -2.48. The van der Waals surface area contributed by atoms with Gasteiger partial charge in [-0.2, -0.15) is 0 Å². The second kappa shape index (κ2) is 8.68. The topological polar surface area (TPSA) is 66.9 Å². The third-order valence-electron chi connectivity index (χ3n) is 4.61. The fourth-order valence-corrected chi connectivity index (χ4v) is 3.79. The largest absolute Gasteiger partial charge is 0.378 e. The number of rotatable bonds is 6. The average Bonchev–Trinajstić information content (AvgIpc) is 2.73. The second-order valence-corrected chi connectivity index (χ2v) is 8.85. The summed E-state index contributed by atoms with van der Waals surface area (Å²) >= 11 is 0. The van der Waals surface area contributed by atoms with Crippen molar-refractivity contribution in [2.45, 2.75) is 4.90 Å². The maximum absolute atomic E-state index is 12.4. The minimum absolute atomic E-state index is 0.164. The number of ether oxygens (including phenoxy) is 1. The SMILES string of the molecule is CN(C)S(=O)(=O)c1ccc(C(=O)C=Cc2ccc(N3CCOCC3)cc2)cc1. The number of sulfonamides is 1. The number of anilines is 1. The van der Waals surface area contributed by atoms with Crippen molar-refractivity contribution in [1.29, 1.82) is 0 Å². The van der Waals surface area contributed by atoms with Crippen LogP contribution >= 0.6 is 0 Å². The number of nitrogens with zero attached hydrogens (tertiary/aromatic N) is 2. The van der Waals surface area contributed by atoms with Gasteiger partial charge in [-0.25, -0.2) is 12.7 Å². The lowest BCUT2D eigenvalue weighted by Crippen LogP contribution is -2.36. The lowest BCUT2D eigenvalue weighted by Gasteiger charge is -2.28. The molecule has 0 N–H and O–H groups in total. The van der Waals surface area contributed by atoms with Gasteiger partial charge in [-0.15, -0.1) is 0 Å². The predicted molar refractivity (Wildman–Crippen MR) is 110 cm³/mol. The van der Waals surface area contributed by atoms with Gasteiger partial charge in [-0.3, -0.25) is 4.79 Å². The zero-order valence-corrected chi connectivity index (χ0v) is 16.9. The van der Waals surface area contributed by atoms with Gasteiger partial charge in [0.25, 0.3) is 0 Å². The Bertz CT molecular complexity index is 943. The molecule has 0 saturated carbocycles. The second-order valence-electron chi connectivity index (χ2n) is 6.70. The van der Waals surface area contributed by atoms with Crippen molar-refractivity contribution in [3.8, 4) is 0 Å². The predicted octanol–water partition coefficient (Wildman–Crippen LogP) is 2.67. The highest BCUT2D eigenvalue weighted by Gasteiger charge is 2.17. The smallest absolute Gasteiger partial charge is 0.242 e. The molecule has 148 valence electrons. The fourth-order valence-electron chi connectivity index (χ4n) is 2.89. The Morgan fingerprint density at radius 2 is 1.61 bits per heavy atom. The molecule has 1 aliphatic rings. The molecule has 0 spiro atoms. The lowest BCUT2D eigenvalue weighted by molar-refractivity contribution is 0.104. The van der Waals surface area contributed by atoms with Gasteiger partial charge in [0.2, 0.25) is 10.0 Å². The van der Waals surface area contributed by atoms with Gasteiger partial charge < -0.3 is 9.64 Å². The maximum atomic E-state index is 12.4. The van der Waals surface area contributed by atoms with Crippen LogP contribution in [0.25, 0.3) is 6.08 Å². The highest BCUT2D eigenvalue weighted by Crippen LogP contribution is 2.18. The van der Waals surface area contributed by atoms with Crippen LogP contribution in [0.4, 0.5) is 5.69 Å².